The number of phenols is 1. The molecule has 1 aliphatic rings. The first-order valence-electron chi connectivity index (χ1n) is 5.86. The van der Waals surface area contributed by atoms with Crippen LogP contribution < -0.4 is 5.32 Å². The number of aromatic hydroxyl groups is 1. The van der Waals surface area contributed by atoms with Gasteiger partial charge in [-0.1, -0.05) is 18.2 Å². The summed E-state index contributed by atoms with van der Waals surface area (Å²) >= 11 is 0. The van der Waals surface area contributed by atoms with Crippen LogP contribution in [0, 0.1) is 0 Å². The van der Waals surface area contributed by atoms with E-state index in [4.69, 9.17) is 0 Å². The third-order valence-electron chi connectivity index (χ3n) is 3.21. The normalized spacial score (nSPS) is 22.2. The number of halogens is 1. The summed E-state index contributed by atoms with van der Waals surface area (Å²) in [7, 11) is 0. The van der Waals surface area contributed by atoms with Crippen LogP contribution in [0.4, 0.5) is 4.39 Å². The number of para-hydroxylation sites is 1. The van der Waals surface area contributed by atoms with E-state index in [1.165, 1.54) is 13.3 Å². The Morgan fingerprint density at radius 2 is 2.38 bits per heavy atom. The molecule has 0 bridgehead atoms. The molecule has 1 saturated heterocycles. The Bertz CT molecular complexity index is 359. The van der Waals surface area contributed by atoms with Crippen molar-refractivity contribution in [1.29, 1.82) is 0 Å². The molecular formula is C13H18FNO. The molecule has 1 fully saturated rings. The monoisotopic (exact) mass is 223 g/mol. The zero-order chi connectivity index (χ0) is 11.5. The first kappa shape index (κ1) is 11.4. The molecule has 88 valence electrons. The standard InChI is InChI=1S/C13H18FNO/c1-9(14)12-6-2-4-10(13(12)16)8-11-5-3-7-15-11/h2,4,6,9,11,15-16H,3,5,7-8H2,1H3. The van der Waals surface area contributed by atoms with Crippen molar-refractivity contribution in [3.63, 3.8) is 0 Å². The summed E-state index contributed by atoms with van der Waals surface area (Å²) in [5, 5.41) is 13.3. The molecule has 0 saturated carbocycles. The average molecular weight is 223 g/mol. The summed E-state index contributed by atoms with van der Waals surface area (Å²) in [6, 6.07) is 5.76. The molecule has 0 radical (unpaired) electrons. The van der Waals surface area contributed by atoms with Gasteiger partial charge in [0, 0.05) is 11.6 Å². The molecule has 2 rings (SSSR count). The Kier molecular flexibility index (Phi) is 3.44. The summed E-state index contributed by atoms with van der Waals surface area (Å²) in [6.07, 6.45) is 1.99. The highest BCUT2D eigenvalue weighted by molar-refractivity contribution is 5.42. The van der Waals surface area contributed by atoms with Crippen LogP contribution in [0.15, 0.2) is 18.2 Å². The van der Waals surface area contributed by atoms with Crippen molar-refractivity contribution in [2.75, 3.05) is 6.54 Å². The van der Waals surface area contributed by atoms with Crippen molar-refractivity contribution in [3.05, 3.63) is 29.3 Å². The predicted molar refractivity (Wildman–Crippen MR) is 62.4 cm³/mol. The van der Waals surface area contributed by atoms with E-state index in [1.54, 1.807) is 6.07 Å². The fourth-order valence-electron chi connectivity index (χ4n) is 2.29. The van der Waals surface area contributed by atoms with E-state index in [9.17, 15) is 9.50 Å². The van der Waals surface area contributed by atoms with Crippen molar-refractivity contribution < 1.29 is 9.50 Å². The van der Waals surface area contributed by atoms with Crippen molar-refractivity contribution in [1.82, 2.24) is 5.32 Å². The molecule has 1 heterocycles. The molecule has 0 spiro atoms. The molecule has 0 amide bonds. The Morgan fingerprint density at radius 1 is 1.56 bits per heavy atom. The van der Waals surface area contributed by atoms with Gasteiger partial charge in [-0.05, 0) is 38.3 Å². The van der Waals surface area contributed by atoms with Gasteiger partial charge in [-0.25, -0.2) is 4.39 Å². The van der Waals surface area contributed by atoms with E-state index < -0.39 is 6.17 Å². The molecule has 3 heteroatoms. The minimum Gasteiger partial charge on any atom is -0.507 e. The molecular weight excluding hydrogens is 205 g/mol. The van der Waals surface area contributed by atoms with Crippen molar-refractivity contribution in [3.8, 4) is 5.75 Å². The first-order chi connectivity index (χ1) is 7.68. The fourth-order valence-corrected chi connectivity index (χ4v) is 2.29. The van der Waals surface area contributed by atoms with Crippen molar-refractivity contribution >= 4 is 0 Å². The smallest absolute Gasteiger partial charge is 0.126 e. The molecule has 2 unspecified atom stereocenters. The van der Waals surface area contributed by atoms with Crippen molar-refractivity contribution in [2.24, 2.45) is 0 Å². The predicted octanol–water partition coefficient (Wildman–Crippen LogP) is 2.72. The van der Waals surface area contributed by atoms with Crippen LogP contribution >= 0.6 is 0 Å². The maximum atomic E-state index is 13.2. The fraction of sp³-hybridized carbons (Fsp3) is 0.538. The zero-order valence-corrected chi connectivity index (χ0v) is 9.54. The van der Waals surface area contributed by atoms with E-state index in [2.05, 4.69) is 5.32 Å². The number of hydrogen-bond donors (Lipinski definition) is 2. The topological polar surface area (TPSA) is 32.3 Å². The second-order valence-electron chi connectivity index (χ2n) is 4.47. The summed E-state index contributed by atoms with van der Waals surface area (Å²) in [5.41, 5.74) is 1.25. The summed E-state index contributed by atoms with van der Waals surface area (Å²) in [5.74, 6) is 0.131. The first-order valence-corrected chi connectivity index (χ1v) is 5.86. The summed E-state index contributed by atoms with van der Waals surface area (Å²) < 4.78 is 13.2. The lowest BCUT2D eigenvalue weighted by atomic mass is 9.99. The lowest BCUT2D eigenvalue weighted by Gasteiger charge is -2.14. The second kappa shape index (κ2) is 4.83. The molecule has 1 aromatic rings. The SMILES string of the molecule is CC(F)c1cccc(CC2CCCN2)c1O. The van der Waals surface area contributed by atoms with E-state index >= 15 is 0 Å². The molecule has 0 aliphatic carbocycles. The lowest BCUT2D eigenvalue weighted by molar-refractivity contribution is 0.354. The van der Waals surface area contributed by atoms with E-state index in [-0.39, 0.29) is 5.75 Å². The molecule has 1 aromatic carbocycles. The van der Waals surface area contributed by atoms with Crippen LogP contribution in [0.3, 0.4) is 0 Å². The number of nitrogens with one attached hydrogen (secondary N) is 1. The van der Waals surface area contributed by atoms with Gasteiger partial charge in [0.05, 0.1) is 0 Å². The average Bonchev–Trinajstić information content (AvgIpc) is 2.73. The summed E-state index contributed by atoms with van der Waals surface area (Å²) in [6.45, 7) is 2.50. The van der Waals surface area contributed by atoms with Gasteiger partial charge in [0.2, 0.25) is 0 Å². The highest BCUT2D eigenvalue weighted by atomic mass is 19.1. The molecule has 2 nitrogen and oxygen atoms in total. The van der Waals surface area contributed by atoms with Gasteiger partial charge < -0.3 is 10.4 Å². The lowest BCUT2D eigenvalue weighted by Crippen LogP contribution is -2.23. The van der Waals surface area contributed by atoms with Crippen LogP contribution in [0.5, 0.6) is 5.75 Å². The number of alkyl halides is 1. The Labute approximate surface area is 95.5 Å². The largest absolute Gasteiger partial charge is 0.507 e. The van der Waals surface area contributed by atoms with Crippen molar-refractivity contribution in [2.45, 2.75) is 38.4 Å². The Balaban J connectivity index is 2.17. The molecule has 1 aliphatic heterocycles. The number of phenolic OH excluding ortho intramolecular Hbond substituents is 1. The molecule has 16 heavy (non-hydrogen) atoms. The molecule has 2 atom stereocenters. The minimum absolute atomic E-state index is 0.131. The summed E-state index contributed by atoms with van der Waals surface area (Å²) in [4.78, 5) is 0. The maximum absolute atomic E-state index is 13.2. The Hall–Kier alpha value is -1.09. The van der Waals surface area contributed by atoms with Gasteiger partial charge >= 0.3 is 0 Å². The third-order valence-corrected chi connectivity index (χ3v) is 3.21. The van der Waals surface area contributed by atoms with Gasteiger partial charge in [-0.2, -0.15) is 0 Å². The van der Waals surface area contributed by atoms with Crippen LogP contribution in [0.25, 0.3) is 0 Å². The van der Waals surface area contributed by atoms with Gasteiger partial charge in [-0.15, -0.1) is 0 Å². The van der Waals surface area contributed by atoms with Gasteiger partial charge in [0.25, 0.3) is 0 Å². The van der Waals surface area contributed by atoms with Crippen LogP contribution in [-0.2, 0) is 6.42 Å². The second-order valence-corrected chi connectivity index (χ2v) is 4.47. The van der Waals surface area contributed by atoms with Gasteiger partial charge in [0.1, 0.15) is 11.9 Å². The number of rotatable bonds is 3. The van der Waals surface area contributed by atoms with Gasteiger partial charge in [-0.3, -0.25) is 0 Å². The zero-order valence-electron chi connectivity index (χ0n) is 9.54. The Morgan fingerprint density at radius 3 is 3.00 bits per heavy atom. The number of hydrogen-bond acceptors (Lipinski definition) is 2. The molecule has 0 aromatic heterocycles. The van der Waals surface area contributed by atoms with Gasteiger partial charge in [0.15, 0.2) is 0 Å². The van der Waals surface area contributed by atoms with E-state index in [1.807, 2.05) is 12.1 Å². The third kappa shape index (κ3) is 2.35. The highest BCUT2D eigenvalue weighted by Gasteiger charge is 2.18. The highest BCUT2D eigenvalue weighted by Crippen LogP contribution is 2.31. The maximum Gasteiger partial charge on any atom is 0.126 e. The van der Waals surface area contributed by atoms with E-state index in [0.717, 1.165) is 24.9 Å². The van der Waals surface area contributed by atoms with Crippen LogP contribution in [-0.4, -0.2) is 17.7 Å². The van der Waals surface area contributed by atoms with Crippen LogP contribution in [0.1, 0.15) is 37.1 Å². The van der Waals surface area contributed by atoms with E-state index in [0.29, 0.717) is 11.6 Å². The quantitative estimate of drug-likeness (QED) is 0.825. The molecule has 2 N–H and O–H groups in total. The number of benzene rings is 1. The minimum atomic E-state index is -1.11. The van der Waals surface area contributed by atoms with Crippen LogP contribution in [0.2, 0.25) is 0 Å².